The summed E-state index contributed by atoms with van der Waals surface area (Å²) in [6.07, 6.45) is 1.58. The van der Waals surface area contributed by atoms with Crippen molar-refractivity contribution in [2.75, 3.05) is 11.6 Å². The standard InChI is InChI=1S/C5H10N2OS/c6-7-4-9-3-1-2-5(7)8/h1-4,6H2. The summed E-state index contributed by atoms with van der Waals surface area (Å²) in [4.78, 5) is 10.8. The zero-order valence-electron chi connectivity index (χ0n) is 5.17. The molecule has 2 N–H and O–H groups in total. The van der Waals surface area contributed by atoms with Gasteiger partial charge in [-0.1, -0.05) is 0 Å². The van der Waals surface area contributed by atoms with Crippen molar-refractivity contribution in [2.24, 2.45) is 5.84 Å². The second-order valence-corrected chi connectivity index (χ2v) is 3.08. The predicted octanol–water partition coefficient (Wildman–Crippen LogP) is 0.173. The summed E-state index contributed by atoms with van der Waals surface area (Å²) in [7, 11) is 0. The number of nitrogens with two attached hydrogens (primary N) is 1. The molecule has 0 unspecified atom stereocenters. The number of carbonyl (C=O) groups is 1. The van der Waals surface area contributed by atoms with E-state index in [4.69, 9.17) is 5.84 Å². The Bertz CT molecular complexity index is 118. The molecule has 1 saturated heterocycles. The first-order chi connectivity index (χ1) is 4.30. The van der Waals surface area contributed by atoms with Gasteiger partial charge in [0.2, 0.25) is 5.91 Å². The van der Waals surface area contributed by atoms with Crippen molar-refractivity contribution in [3.63, 3.8) is 0 Å². The van der Waals surface area contributed by atoms with Crippen LogP contribution >= 0.6 is 11.8 Å². The molecule has 52 valence electrons. The van der Waals surface area contributed by atoms with Crippen LogP contribution in [0, 0.1) is 0 Å². The second kappa shape index (κ2) is 3.08. The molecule has 3 nitrogen and oxygen atoms in total. The van der Waals surface area contributed by atoms with Crippen LogP contribution in [0.15, 0.2) is 0 Å². The number of thioether (sulfide) groups is 1. The van der Waals surface area contributed by atoms with Crippen molar-refractivity contribution in [3.8, 4) is 0 Å². The van der Waals surface area contributed by atoms with Gasteiger partial charge < -0.3 is 0 Å². The van der Waals surface area contributed by atoms with Gasteiger partial charge in [-0.3, -0.25) is 9.80 Å². The summed E-state index contributed by atoms with van der Waals surface area (Å²) in [5.74, 6) is 7.12. The van der Waals surface area contributed by atoms with Crippen molar-refractivity contribution >= 4 is 17.7 Å². The van der Waals surface area contributed by atoms with Crippen molar-refractivity contribution in [2.45, 2.75) is 12.8 Å². The molecule has 0 aromatic carbocycles. The molecule has 9 heavy (non-hydrogen) atoms. The minimum atomic E-state index is 0.0694. The minimum Gasteiger partial charge on any atom is -0.273 e. The van der Waals surface area contributed by atoms with Crippen molar-refractivity contribution in [1.29, 1.82) is 0 Å². The molecular formula is C5H10N2OS. The van der Waals surface area contributed by atoms with Crippen LogP contribution in [0.5, 0.6) is 0 Å². The Kier molecular flexibility index (Phi) is 2.36. The molecule has 1 aliphatic rings. The third kappa shape index (κ3) is 1.87. The van der Waals surface area contributed by atoms with E-state index in [0.717, 1.165) is 12.2 Å². The highest BCUT2D eigenvalue weighted by Crippen LogP contribution is 2.11. The van der Waals surface area contributed by atoms with Gasteiger partial charge in [0.15, 0.2) is 0 Å². The molecule has 0 spiro atoms. The van der Waals surface area contributed by atoms with Gasteiger partial charge in [0.1, 0.15) is 0 Å². The number of hydrogen-bond donors (Lipinski definition) is 1. The minimum absolute atomic E-state index is 0.0694. The van der Waals surface area contributed by atoms with Gasteiger partial charge in [0.05, 0.1) is 5.88 Å². The lowest BCUT2D eigenvalue weighted by Crippen LogP contribution is -2.35. The Balaban J connectivity index is 2.41. The van der Waals surface area contributed by atoms with Crippen molar-refractivity contribution in [3.05, 3.63) is 0 Å². The highest BCUT2D eigenvalue weighted by Gasteiger charge is 2.11. The average molecular weight is 146 g/mol. The maximum Gasteiger partial charge on any atom is 0.237 e. The van der Waals surface area contributed by atoms with Gasteiger partial charge in [-0.25, -0.2) is 5.84 Å². The first-order valence-electron chi connectivity index (χ1n) is 2.93. The van der Waals surface area contributed by atoms with Gasteiger partial charge >= 0.3 is 0 Å². The topological polar surface area (TPSA) is 46.3 Å². The van der Waals surface area contributed by atoms with E-state index in [1.165, 1.54) is 5.01 Å². The number of nitrogens with zero attached hydrogens (tertiary/aromatic N) is 1. The van der Waals surface area contributed by atoms with E-state index in [-0.39, 0.29) is 5.91 Å². The molecule has 0 aliphatic carbocycles. The Morgan fingerprint density at radius 3 is 3.22 bits per heavy atom. The zero-order valence-corrected chi connectivity index (χ0v) is 5.99. The molecular weight excluding hydrogens is 136 g/mol. The van der Waals surface area contributed by atoms with Gasteiger partial charge in [-0.05, 0) is 12.2 Å². The zero-order chi connectivity index (χ0) is 6.69. The van der Waals surface area contributed by atoms with E-state index in [9.17, 15) is 4.79 Å². The van der Waals surface area contributed by atoms with Crippen molar-refractivity contribution in [1.82, 2.24) is 5.01 Å². The van der Waals surface area contributed by atoms with Crippen molar-refractivity contribution < 1.29 is 4.79 Å². The molecule has 0 bridgehead atoms. The molecule has 0 atom stereocenters. The van der Waals surface area contributed by atoms with E-state index >= 15 is 0 Å². The molecule has 1 amide bonds. The molecule has 0 saturated carbocycles. The molecule has 0 aromatic rings. The smallest absolute Gasteiger partial charge is 0.237 e. The Labute approximate surface area is 58.5 Å². The molecule has 0 aromatic heterocycles. The first kappa shape index (κ1) is 6.89. The van der Waals surface area contributed by atoms with Crippen LogP contribution in [-0.2, 0) is 4.79 Å². The monoisotopic (exact) mass is 146 g/mol. The quantitative estimate of drug-likeness (QED) is 0.391. The number of hydrazine groups is 1. The molecule has 0 radical (unpaired) electrons. The highest BCUT2D eigenvalue weighted by molar-refractivity contribution is 7.99. The second-order valence-electron chi connectivity index (χ2n) is 2.00. The number of hydrogen-bond acceptors (Lipinski definition) is 3. The lowest BCUT2D eigenvalue weighted by molar-refractivity contribution is -0.130. The van der Waals surface area contributed by atoms with E-state index in [0.29, 0.717) is 12.3 Å². The SMILES string of the molecule is NN1CSCCCC1=O. The largest absolute Gasteiger partial charge is 0.273 e. The van der Waals surface area contributed by atoms with E-state index in [1.807, 2.05) is 0 Å². The Morgan fingerprint density at radius 2 is 2.44 bits per heavy atom. The first-order valence-corrected chi connectivity index (χ1v) is 4.09. The van der Waals surface area contributed by atoms with Crippen LogP contribution in [0.3, 0.4) is 0 Å². The third-order valence-corrected chi connectivity index (χ3v) is 2.27. The molecule has 1 fully saturated rings. The summed E-state index contributed by atoms with van der Waals surface area (Å²) < 4.78 is 0. The van der Waals surface area contributed by atoms with E-state index in [2.05, 4.69) is 0 Å². The van der Waals surface area contributed by atoms with E-state index < -0.39 is 0 Å². The molecule has 1 aliphatic heterocycles. The van der Waals surface area contributed by atoms with Gasteiger partial charge in [-0.2, -0.15) is 0 Å². The highest BCUT2D eigenvalue weighted by atomic mass is 32.2. The molecule has 1 rings (SSSR count). The summed E-state index contributed by atoms with van der Waals surface area (Å²) in [5.41, 5.74) is 0. The van der Waals surface area contributed by atoms with Crippen LogP contribution in [0.2, 0.25) is 0 Å². The predicted molar refractivity (Wildman–Crippen MR) is 37.6 cm³/mol. The normalized spacial score (nSPS) is 21.9. The maximum atomic E-state index is 10.8. The van der Waals surface area contributed by atoms with Crippen LogP contribution in [0.4, 0.5) is 0 Å². The summed E-state index contributed by atoms with van der Waals surface area (Å²) in [5, 5.41) is 1.29. The Hall–Kier alpha value is -0.220. The lowest BCUT2D eigenvalue weighted by Gasteiger charge is -2.10. The van der Waals surface area contributed by atoms with E-state index in [1.54, 1.807) is 11.8 Å². The van der Waals surface area contributed by atoms with Crippen LogP contribution in [-0.4, -0.2) is 22.5 Å². The fourth-order valence-corrected chi connectivity index (χ4v) is 1.52. The van der Waals surface area contributed by atoms with Crippen LogP contribution in [0.1, 0.15) is 12.8 Å². The summed E-state index contributed by atoms with van der Waals surface area (Å²) in [6, 6.07) is 0. The summed E-state index contributed by atoms with van der Waals surface area (Å²) >= 11 is 1.71. The fourth-order valence-electron chi connectivity index (χ4n) is 0.704. The third-order valence-electron chi connectivity index (χ3n) is 1.23. The van der Waals surface area contributed by atoms with Crippen LogP contribution < -0.4 is 5.84 Å². The van der Waals surface area contributed by atoms with Gasteiger partial charge in [0, 0.05) is 6.42 Å². The van der Waals surface area contributed by atoms with Gasteiger partial charge in [-0.15, -0.1) is 11.8 Å². The lowest BCUT2D eigenvalue weighted by atomic mass is 10.3. The Morgan fingerprint density at radius 1 is 1.67 bits per heavy atom. The maximum absolute atomic E-state index is 10.8. The number of carbonyl (C=O) groups excluding carboxylic acids is 1. The molecule has 4 heteroatoms. The number of amides is 1. The number of rotatable bonds is 0. The van der Waals surface area contributed by atoms with Crippen LogP contribution in [0.25, 0.3) is 0 Å². The molecule has 1 heterocycles. The average Bonchev–Trinajstić information content (AvgIpc) is 1.99. The fraction of sp³-hybridized carbons (Fsp3) is 0.800. The van der Waals surface area contributed by atoms with Gasteiger partial charge in [0.25, 0.3) is 0 Å². The summed E-state index contributed by atoms with van der Waals surface area (Å²) in [6.45, 7) is 0.